The van der Waals surface area contributed by atoms with Gasteiger partial charge in [-0.25, -0.2) is 9.78 Å². The number of carbonyl (C=O) groups is 1. The van der Waals surface area contributed by atoms with E-state index in [1.807, 2.05) is 13.8 Å². The average molecular weight is 270 g/mol. The Kier molecular flexibility index (Phi) is 4.19. The first-order valence-corrected chi connectivity index (χ1v) is 7.03. The summed E-state index contributed by atoms with van der Waals surface area (Å²) < 4.78 is 5.58. The molecule has 0 spiro atoms. The molecule has 0 saturated carbocycles. The van der Waals surface area contributed by atoms with E-state index in [0.29, 0.717) is 17.0 Å². The average Bonchev–Trinajstić information content (AvgIpc) is 2.66. The topological polar surface area (TPSA) is 62.7 Å². The highest BCUT2D eigenvalue weighted by Gasteiger charge is 2.22. The predicted molar refractivity (Wildman–Crippen MR) is 70.7 cm³/mol. The molecular weight excluding hydrogens is 252 g/mol. The van der Waals surface area contributed by atoms with Crippen molar-refractivity contribution in [3.63, 3.8) is 0 Å². The van der Waals surface area contributed by atoms with Gasteiger partial charge in [-0.3, -0.25) is 0 Å². The minimum Gasteiger partial charge on any atom is -0.477 e. The smallest absolute Gasteiger partial charge is 0.347 e. The zero-order valence-corrected chi connectivity index (χ0v) is 11.5. The van der Waals surface area contributed by atoms with Crippen LogP contribution in [0.25, 0.3) is 0 Å². The molecule has 0 aromatic carbocycles. The Labute approximate surface area is 110 Å². The summed E-state index contributed by atoms with van der Waals surface area (Å²) in [6.45, 7) is 6.37. The molecule has 1 aromatic rings. The summed E-state index contributed by atoms with van der Waals surface area (Å²) in [4.78, 5) is 18.1. The summed E-state index contributed by atoms with van der Waals surface area (Å²) in [7, 11) is 0. The second-order valence-electron chi connectivity index (χ2n) is 4.41. The third-order valence-corrected chi connectivity index (χ3v) is 4.08. The van der Waals surface area contributed by atoms with E-state index >= 15 is 0 Å². The summed E-state index contributed by atoms with van der Waals surface area (Å²) in [5.41, 5.74) is 0.681. The standard InChI is InChI=1S/C12H18N2O3S/c1-3-9-10(11(15)16)18-12(13-9)14-5-4-6-17-8(2)7-14/h8H,3-7H2,1-2H3,(H,15,16). The summed E-state index contributed by atoms with van der Waals surface area (Å²) in [5.74, 6) is -0.880. The van der Waals surface area contributed by atoms with Gasteiger partial charge >= 0.3 is 5.97 Å². The normalized spacial score (nSPS) is 20.8. The third kappa shape index (κ3) is 2.81. The SMILES string of the molecule is CCc1nc(N2CCCOC(C)C2)sc1C(=O)O. The van der Waals surface area contributed by atoms with Gasteiger partial charge in [0.25, 0.3) is 0 Å². The van der Waals surface area contributed by atoms with E-state index in [1.54, 1.807) is 0 Å². The zero-order chi connectivity index (χ0) is 13.1. The molecule has 2 heterocycles. The molecule has 0 radical (unpaired) electrons. The molecule has 1 saturated heterocycles. The van der Waals surface area contributed by atoms with E-state index in [0.717, 1.165) is 31.2 Å². The van der Waals surface area contributed by atoms with Crippen LogP contribution in [-0.2, 0) is 11.2 Å². The quantitative estimate of drug-likeness (QED) is 0.910. The first kappa shape index (κ1) is 13.3. The summed E-state index contributed by atoms with van der Waals surface area (Å²) in [6.07, 6.45) is 1.76. The second kappa shape index (κ2) is 5.67. The van der Waals surface area contributed by atoms with Crippen molar-refractivity contribution in [2.45, 2.75) is 32.8 Å². The van der Waals surface area contributed by atoms with Gasteiger partial charge in [-0.05, 0) is 19.8 Å². The predicted octanol–water partition coefficient (Wildman–Crippen LogP) is 2.02. The van der Waals surface area contributed by atoms with Crippen molar-refractivity contribution in [3.8, 4) is 0 Å². The van der Waals surface area contributed by atoms with E-state index in [1.165, 1.54) is 11.3 Å². The molecule has 5 nitrogen and oxygen atoms in total. The summed E-state index contributed by atoms with van der Waals surface area (Å²) in [6, 6.07) is 0. The van der Waals surface area contributed by atoms with Crippen LogP contribution in [0, 0.1) is 0 Å². The lowest BCUT2D eigenvalue weighted by atomic mass is 10.3. The number of carboxylic acid groups (broad SMARTS) is 1. The van der Waals surface area contributed by atoms with Crippen LogP contribution in [0.3, 0.4) is 0 Å². The first-order chi connectivity index (χ1) is 8.61. The van der Waals surface area contributed by atoms with E-state index in [9.17, 15) is 4.79 Å². The molecular formula is C12H18N2O3S. The van der Waals surface area contributed by atoms with Crippen LogP contribution in [0.4, 0.5) is 5.13 Å². The molecule has 6 heteroatoms. The van der Waals surface area contributed by atoms with Crippen LogP contribution in [0.15, 0.2) is 0 Å². The van der Waals surface area contributed by atoms with Crippen molar-refractivity contribution >= 4 is 22.4 Å². The van der Waals surface area contributed by atoms with Gasteiger partial charge in [0.1, 0.15) is 4.88 Å². The second-order valence-corrected chi connectivity index (χ2v) is 5.39. The lowest BCUT2D eigenvalue weighted by molar-refractivity contribution is 0.0700. The molecule has 18 heavy (non-hydrogen) atoms. The number of carboxylic acids is 1. The van der Waals surface area contributed by atoms with Crippen LogP contribution < -0.4 is 4.90 Å². The number of ether oxygens (including phenoxy) is 1. The number of aryl methyl sites for hydroxylation is 1. The first-order valence-electron chi connectivity index (χ1n) is 6.21. The largest absolute Gasteiger partial charge is 0.477 e. The fourth-order valence-corrected chi connectivity index (χ4v) is 3.08. The van der Waals surface area contributed by atoms with Crippen LogP contribution in [0.1, 0.15) is 35.6 Å². The molecule has 1 fully saturated rings. The minimum atomic E-state index is -0.880. The monoisotopic (exact) mass is 270 g/mol. The molecule has 0 amide bonds. The number of hydrogen-bond donors (Lipinski definition) is 1. The van der Waals surface area contributed by atoms with Crippen molar-refractivity contribution in [2.75, 3.05) is 24.6 Å². The van der Waals surface area contributed by atoms with Crippen molar-refractivity contribution in [1.82, 2.24) is 4.98 Å². The lowest BCUT2D eigenvalue weighted by Gasteiger charge is -2.20. The fourth-order valence-electron chi connectivity index (χ4n) is 2.05. The van der Waals surface area contributed by atoms with E-state index in [-0.39, 0.29) is 6.10 Å². The Morgan fingerprint density at radius 2 is 2.44 bits per heavy atom. The van der Waals surface area contributed by atoms with Gasteiger partial charge in [-0.15, -0.1) is 0 Å². The third-order valence-electron chi connectivity index (χ3n) is 2.94. The Balaban J connectivity index is 2.24. The molecule has 100 valence electrons. The van der Waals surface area contributed by atoms with Crippen molar-refractivity contribution < 1.29 is 14.6 Å². The number of aromatic nitrogens is 1. The van der Waals surface area contributed by atoms with Crippen LogP contribution in [0.2, 0.25) is 0 Å². The molecule has 1 atom stereocenters. The van der Waals surface area contributed by atoms with Gasteiger partial charge in [-0.2, -0.15) is 0 Å². The molecule has 1 unspecified atom stereocenters. The van der Waals surface area contributed by atoms with E-state index < -0.39 is 5.97 Å². The highest BCUT2D eigenvalue weighted by Crippen LogP contribution is 2.28. The number of aromatic carboxylic acids is 1. The van der Waals surface area contributed by atoms with Crippen molar-refractivity contribution in [1.29, 1.82) is 0 Å². The molecule has 1 aromatic heterocycles. The van der Waals surface area contributed by atoms with Gasteiger partial charge in [-0.1, -0.05) is 18.3 Å². The highest BCUT2D eigenvalue weighted by molar-refractivity contribution is 7.17. The van der Waals surface area contributed by atoms with Crippen LogP contribution >= 0.6 is 11.3 Å². The molecule has 0 bridgehead atoms. The number of nitrogens with zero attached hydrogens (tertiary/aromatic N) is 2. The maximum atomic E-state index is 11.1. The maximum Gasteiger partial charge on any atom is 0.347 e. The molecule has 1 aliphatic rings. The summed E-state index contributed by atoms with van der Waals surface area (Å²) >= 11 is 1.27. The zero-order valence-electron chi connectivity index (χ0n) is 10.7. The number of rotatable bonds is 3. The number of anilines is 1. The fraction of sp³-hybridized carbons (Fsp3) is 0.667. The van der Waals surface area contributed by atoms with Gasteiger partial charge in [0.2, 0.25) is 0 Å². The maximum absolute atomic E-state index is 11.1. The van der Waals surface area contributed by atoms with Crippen LogP contribution in [-0.4, -0.2) is 41.9 Å². The Hall–Kier alpha value is -1.14. The van der Waals surface area contributed by atoms with Crippen LogP contribution in [0.5, 0.6) is 0 Å². The van der Waals surface area contributed by atoms with Gasteiger partial charge in [0.15, 0.2) is 5.13 Å². The van der Waals surface area contributed by atoms with Gasteiger partial charge in [0.05, 0.1) is 11.8 Å². The highest BCUT2D eigenvalue weighted by atomic mass is 32.1. The minimum absolute atomic E-state index is 0.162. The van der Waals surface area contributed by atoms with Crippen molar-refractivity contribution in [2.24, 2.45) is 0 Å². The van der Waals surface area contributed by atoms with Crippen molar-refractivity contribution in [3.05, 3.63) is 10.6 Å². The van der Waals surface area contributed by atoms with Gasteiger partial charge in [0, 0.05) is 19.7 Å². The van der Waals surface area contributed by atoms with E-state index in [2.05, 4.69) is 9.88 Å². The molecule has 2 rings (SSSR count). The molecule has 1 N–H and O–H groups in total. The number of thiazole rings is 1. The summed E-state index contributed by atoms with van der Waals surface area (Å²) in [5, 5.41) is 9.95. The molecule has 0 aliphatic carbocycles. The van der Waals surface area contributed by atoms with E-state index in [4.69, 9.17) is 9.84 Å². The lowest BCUT2D eigenvalue weighted by Crippen LogP contribution is -2.29. The number of hydrogen-bond acceptors (Lipinski definition) is 5. The Morgan fingerprint density at radius 1 is 1.67 bits per heavy atom. The Bertz CT molecular complexity index is 433. The Morgan fingerprint density at radius 3 is 3.06 bits per heavy atom. The molecule has 1 aliphatic heterocycles. The van der Waals surface area contributed by atoms with Gasteiger partial charge < -0.3 is 14.7 Å².